The third-order valence-corrected chi connectivity index (χ3v) is 10.2. The van der Waals surface area contributed by atoms with Crippen LogP contribution >= 0.6 is 7.72 Å². The van der Waals surface area contributed by atoms with Gasteiger partial charge in [0.1, 0.15) is 0 Å². The third kappa shape index (κ3) is 5.75. The fourth-order valence-electron chi connectivity index (χ4n) is 4.22. The molecule has 5 heteroatoms. The summed E-state index contributed by atoms with van der Waals surface area (Å²) >= 11 is 0. The van der Waals surface area contributed by atoms with E-state index in [4.69, 9.17) is 9.05 Å². The molecule has 0 fully saturated rings. The van der Waals surface area contributed by atoms with Gasteiger partial charge in [0, 0.05) is 0 Å². The Hall–Kier alpha value is -2.52. The van der Waals surface area contributed by atoms with E-state index in [9.17, 15) is 9.90 Å². The molecule has 0 spiro atoms. The Kier molecular flexibility index (Phi) is 9.02. The second-order valence-corrected chi connectivity index (χ2v) is 12.0. The molecule has 0 radical (unpaired) electrons. The number of hydrogen-bond donors (Lipinski definition) is 1. The first-order chi connectivity index (χ1) is 16.3. The van der Waals surface area contributed by atoms with Gasteiger partial charge in [-0.25, -0.2) is 0 Å². The molecule has 0 aliphatic rings. The van der Waals surface area contributed by atoms with Crippen molar-refractivity contribution in [3.05, 3.63) is 96.6 Å². The van der Waals surface area contributed by atoms with Crippen LogP contribution in [-0.4, -0.2) is 23.3 Å². The first-order valence-corrected chi connectivity index (χ1v) is 13.9. The molecule has 4 nitrogen and oxygen atoms in total. The molecule has 0 saturated heterocycles. The monoisotopic (exact) mass is 480 g/mol. The van der Waals surface area contributed by atoms with Crippen LogP contribution in [0.25, 0.3) is 0 Å². The second-order valence-electron chi connectivity index (χ2n) is 9.15. The number of hydrogen-bond acceptors (Lipinski definition) is 4. The Balaban J connectivity index is 2.14. The fourth-order valence-corrected chi connectivity index (χ4v) is 7.51. The van der Waals surface area contributed by atoms with Gasteiger partial charge in [-0.2, -0.15) is 0 Å². The maximum atomic E-state index is 13.4. The molecule has 182 valence electrons. The Morgan fingerprint density at radius 1 is 0.882 bits per heavy atom. The van der Waals surface area contributed by atoms with E-state index in [2.05, 4.69) is 13.8 Å². The van der Waals surface area contributed by atoms with Crippen LogP contribution in [0.1, 0.15) is 57.3 Å². The number of rotatable bonds is 11. The molecule has 3 unspecified atom stereocenters. The van der Waals surface area contributed by atoms with Crippen molar-refractivity contribution in [2.45, 2.75) is 59.2 Å². The molecule has 0 heterocycles. The quantitative estimate of drug-likeness (QED) is 0.339. The van der Waals surface area contributed by atoms with Gasteiger partial charge in [-0.3, -0.25) is 0 Å². The normalized spacial score (nSPS) is 15.7. The van der Waals surface area contributed by atoms with E-state index in [1.807, 2.05) is 92.7 Å². The minimum atomic E-state index is -3.51. The summed E-state index contributed by atoms with van der Waals surface area (Å²) in [7, 11) is -3.51. The van der Waals surface area contributed by atoms with Crippen molar-refractivity contribution in [1.29, 1.82) is 0 Å². The summed E-state index contributed by atoms with van der Waals surface area (Å²) in [6.45, 7) is 8.01. The van der Waals surface area contributed by atoms with E-state index in [-0.39, 0.29) is 6.10 Å². The summed E-state index contributed by atoms with van der Waals surface area (Å²) in [5.74, 6) is -0.417. The van der Waals surface area contributed by atoms with Crippen molar-refractivity contribution in [3.63, 3.8) is 0 Å². The number of benzene rings is 3. The van der Waals surface area contributed by atoms with Crippen LogP contribution in [0.15, 0.2) is 91.0 Å². The van der Waals surface area contributed by atoms with E-state index in [1.165, 1.54) is 0 Å². The van der Waals surface area contributed by atoms with Gasteiger partial charge in [-0.05, 0) is 0 Å². The Bertz CT molecular complexity index is 984. The molecule has 0 amide bonds. The molecular formula is C29H37O4P. The van der Waals surface area contributed by atoms with Crippen LogP contribution in [0.5, 0.6) is 0 Å². The first kappa shape index (κ1) is 26.1. The van der Waals surface area contributed by atoms with E-state index in [1.54, 1.807) is 12.1 Å². The molecule has 0 aliphatic heterocycles. The topological polar surface area (TPSA) is 55.8 Å². The van der Waals surface area contributed by atoms with Crippen molar-refractivity contribution < 1.29 is 18.9 Å². The molecule has 3 aromatic carbocycles. The van der Waals surface area contributed by atoms with Crippen LogP contribution in [-0.2, 0) is 9.05 Å². The van der Waals surface area contributed by atoms with Crippen molar-refractivity contribution in [3.8, 4) is 0 Å². The molecular weight excluding hydrogens is 443 g/mol. The average molecular weight is 481 g/mol. The van der Waals surface area contributed by atoms with Crippen LogP contribution < -0.4 is 10.6 Å². The standard InChI is InChI=1S/C29H37O4P/c1-5-6-22-29(4,23(2)30)24(3)32-34(26-18-12-8-13-19-26,27-20-14-9-15-21-27)33-28(31)25-16-10-7-11-17-25/h7-21,23-24,30,34H,5-6,22H2,1-4H3. The Labute approximate surface area is 204 Å². The van der Waals surface area contributed by atoms with E-state index >= 15 is 0 Å². The van der Waals surface area contributed by atoms with Crippen molar-refractivity contribution in [2.24, 2.45) is 5.41 Å². The van der Waals surface area contributed by atoms with E-state index in [0.29, 0.717) is 5.56 Å². The summed E-state index contributed by atoms with van der Waals surface area (Å²) in [4.78, 5) is 13.4. The zero-order valence-corrected chi connectivity index (χ0v) is 21.6. The molecule has 3 rings (SSSR count). The van der Waals surface area contributed by atoms with Crippen LogP contribution in [0.3, 0.4) is 0 Å². The van der Waals surface area contributed by atoms with Gasteiger partial charge in [0.25, 0.3) is 0 Å². The molecule has 0 bridgehead atoms. The summed E-state index contributed by atoms with van der Waals surface area (Å²) in [6.07, 6.45) is 1.86. The Morgan fingerprint density at radius 2 is 1.35 bits per heavy atom. The van der Waals surface area contributed by atoms with Gasteiger partial charge in [0.2, 0.25) is 0 Å². The predicted octanol–water partition coefficient (Wildman–Crippen LogP) is 6.06. The summed E-state index contributed by atoms with van der Waals surface area (Å²) in [5, 5.41) is 12.5. The molecule has 34 heavy (non-hydrogen) atoms. The van der Waals surface area contributed by atoms with Crippen molar-refractivity contribution in [2.75, 3.05) is 0 Å². The van der Waals surface area contributed by atoms with Crippen LogP contribution in [0, 0.1) is 5.41 Å². The van der Waals surface area contributed by atoms with E-state index in [0.717, 1.165) is 29.9 Å². The van der Waals surface area contributed by atoms with Gasteiger partial charge in [-0.1, -0.05) is 0 Å². The summed E-state index contributed by atoms with van der Waals surface area (Å²) in [6, 6.07) is 28.5. The number of aliphatic hydroxyl groups excluding tert-OH is 1. The number of unbranched alkanes of at least 4 members (excludes halogenated alkanes) is 1. The summed E-state index contributed by atoms with van der Waals surface area (Å²) < 4.78 is 13.4. The van der Waals surface area contributed by atoms with Crippen molar-refractivity contribution in [1.82, 2.24) is 0 Å². The van der Waals surface area contributed by atoms with Crippen molar-refractivity contribution >= 4 is 24.3 Å². The fraction of sp³-hybridized carbons (Fsp3) is 0.345. The zero-order valence-electron chi connectivity index (χ0n) is 20.6. The maximum absolute atomic E-state index is 13.4. The predicted molar refractivity (Wildman–Crippen MR) is 142 cm³/mol. The number of aliphatic hydroxyl groups is 1. The van der Waals surface area contributed by atoms with Gasteiger partial charge < -0.3 is 0 Å². The van der Waals surface area contributed by atoms with E-state index < -0.39 is 25.2 Å². The minimum absolute atomic E-state index is 0.366. The molecule has 0 aliphatic carbocycles. The van der Waals surface area contributed by atoms with Gasteiger partial charge in [0.15, 0.2) is 0 Å². The molecule has 3 aromatic rings. The zero-order chi connectivity index (χ0) is 24.6. The number of carbonyl (C=O) groups excluding carboxylic acids is 1. The van der Waals surface area contributed by atoms with Gasteiger partial charge in [-0.15, -0.1) is 0 Å². The van der Waals surface area contributed by atoms with Crippen LogP contribution in [0.4, 0.5) is 0 Å². The average Bonchev–Trinajstić information content (AvgIpc) is 2.88. The summed E-state index contributed by atoms with van der Waals surface area (Å²) in [5.41, 5.74) is -0.0245. The first-order valence-electron chi connectivity index (χ1n) is 12.1. The van der Waals surface area contributed by atoms with Gasteiger partial charge >= 0.3 is 204 Å². The van der Waals surface area contributed by atoms with Crippen LogP contribution in [0.2, 0.25) is 0 Å². The molecule has 0 saturated carbocycles. The molecule has 1 N–H and O–H groups in total. The Morgan fingerprint density at radius 3 is 1.79 bits per heavy atom. The molecule has 0 aromatic heterocycles. The molecule has 3 atom stereocenters. The SMILES string of the molecule is CCCCC(C)(C(C)O)C(C)O[PH](OC(=O)c1ccccc1)(c1ccccc1)c1ccccc1. The second kappa shape index (κ2) is 11.8. The third-order valence-electron chi connectivity index (χ3n) is 6.85. The number of carbonyl (C=O) groups is 1. The van der Waals surface area contributed by atoms with Gasteiger partial charge in [0.05, 0.1) is 0 Å².